The molecule has 0 aliphatic rings. The highest BCUT2D eigenvalue weighted by molar-refractivity contribution is 5.52. The lowest BCUT2D eigenvalue weighted by Crippen LogP contribution is -2.00. The molecule has 2 rings (SSSR count). The molecule has 0 atom stereocenters. The van der Waals surface area contributed by atoms with E-state index in [0.29, 0.717) is 0 Å². The summed E-state index contributed by atoms with van der Waals surface area (Å²) in [4.78, 5) is 0. The van der Waals surface area contributed by atoms with Crippen LogP contribution in [0.1, 0.15) is 11.1 Å². The van der Waals surface area contributed by atoms with Gasteiger partial charge in [-0.2, -0.15) is 0 Å². The smallest absolute Gasteiger partial charge is 0.0400 e. The van der Waals surface area contributed by atoms with Gasteiger partial charge in [0, 0.05) is 12.2 Å². The lowest BCUT2D eigenvalue weighted by molar-refractivity contribution is 1.15. The van der Waals surface area contributed by atoms with Gasteiger partial charge in [-0.05, 0) is 24.1 Å². The van der Waals surface area contributed by atoms with Crippen LogP contribution < -0.4 is 5.32 Å². The highest BCUT2D eigenvalue weighted by atomic mass is 14.9. The highest BCUT2D eigenvalue weighted by Crippen LogP contribution is 2.14. The van der Waals surface area contributed by atoms with Gasteiger partial charge >= 0.3 is 0 Å². The van der Waals surface area contributed by atoms with Gasteiger partial charge in [0.2, 0.25) is 0 Å². The normalized spacial score (nSPS) is 9.93. The Morgan fingerprint density at radius 1 is 0.867 bits per heavy atom. The Morgan fingerprint density at radius 2 is 1.53 bits per heavy atom. The van der Waals surface area contributed by atoms with E-state index in [0.717, 1.165) is 17.8 Å². The molecule has 1 heteroatoms. The summed E-state index contributed by atoms with van der Waals surface area (Å²) in [6, 6.07) is 18.4. The fraction of sp³-hybridized carbons (Fsp3) is 0.0714. The third-order valence-corrected chi connectivity index (χ3v) is 2.34. The summed E-state index contributed by atoms with van der Waals surface area (Å²) < 4.78 is 0. The molecule has 15 heavy (non-hydrogen) atoms. The van der Waals surface area contributed by atoms with Crippen LogP contribution in [0, 0.1) is 6.92 Å². The van der Waals surface area contributed by atoms with E-state index in [1.807, 2.05) is 42.5 Å². The van der Waals surface area contributed by atoms with E-state index in [4.69, 9.17) is 0 Å². The second kappa shape index (κ2) is 4.65. The maximum atomic E-state index is 3.97. The number of hydrogen-bond donors (Lipinski definition) is 1. The minimum absolute atomic E-state index is 0.841. The molecule has 0 saturated carbocycles. The van der Waals surface area contributed by atoms with Gasteiger partial charge in [0.25, 0.3) is 0 Å². The first-order valence-electron chi connectivity index (χ1n) is 5.05. The van der Waals surface area contributed by atoms with Crippen LogP contribution in [0.2, 0.25) is 0 Å². The van der Waals surface area contributed by atoms with Crippen molar-refractivity contribution in [1.82, 2.24) is 0 Å². The van der Waals surface area contributed by atoms with Gasteiger partial charge in [0.1, 0.15) is 0 Å². The van der Waals surface area contributed by atoms with Gasteiger partial charge in [0.15, 0.2) is 0 Å². The van der Waals surface area contributed by atoms with Crippen molar-refractivity contribution in [3.05, 3.63) is 72.6 Å². The molecule has 0 amide bonds. The third-order valence-electron chi connectivity index (χ3n) is 2.34. The molecule has 0 aliphatic heterocycles. The quantitative estimate of drug-likeness (QED) is 0.792. The van der Waals surface area contributed by atoms with Crippen LogP contribution in [0.5, 0.6) is 0 Å². The molecule has 0 bridgehead atoms. The molecule has 0 aromatic heterocycles. The summed E-state index contributed by atoms with van der Waals surface area (Å²) in [6.07, 6.45) is 0. The van der Waals surface area contributed by atoms with Gasteiger partial charge in [-0.1, -0.05) is 48.5 Å². The van der Waals surface area contributed by atoms with Gasteiger partial charge in [0.05, 0.1) is 0 Å². The van der Waals surface area contributed by atoms with Crippen molar-refractivity contribution < 1.29 is 0 Å². The third kappa shape index (κ3) is 2.59. The SMILES string of the molecule is [CH2]c1ccccc1NCc1ccccc1. The Hall–Kier alpha value is -1.76. The summed E-state index contributed by atoms with van der Waals surface area (Å²) in [5.74, 6) is 0. The Kier molecular flexibility index (Phi) is 3.03. The Morgan fingerprint density at radius 3 is 2.27 bits per heavy atom. The second-order valence-corrected chi connectivity index (χ2v) is 3.50. The summed E-state index contributed by atoms with van der Waals surface area (Å²) in [7, 11) is 0. The fourth-order valence-corrected chi connectivity index (χ4v) is 1.49. The molecule has 1 nitrogen and oxygen atoms in total. The van der Waals surface area contributed by atoms with Crippen molar-refractivity contribution in [3.63, 3.8) is 0 Å². The van der Waals surface area contributed by atoms with Crippen LogP contribution in [0.3, 0.4) is 0 Å². The number of rotatable bonds is 3. The molecule has 0 heterocycles. The molecule has 0 saturated heterocycles. The summed E-state index contributed by atoms with van der Waals surface area (Å²) >= 11 is 0. The number of anilines is 1. The van der Waals surface area contributed by atoms with Gasteiger partial charge in [-0.3, -0.25) is 0 Å². The van der Waals surface area contributed by atoms with Crippen LogP contribution >= 0.6 is 0 Å². The van der Waals surface area contributed by atoms with Crippen molar-refractivity contribution in [1.29, 1.82) is 0 Å². The van der Waals surface area contributed by atoms with Crippen molar-refractivity contribution >= 4 is 5.69 Å². The molecule has 75 valence electrons. The predicted octanol–water partition coefficient (Wildman–Crippen LogP) is 3.48. The standard InChI is InChI=1S/C14H14N/c1-12-7-5-6-10-14(12)15-11-13-8-3-2-4-9-13/h2-10,15H,1,11H2. The van der Waals surface area contributed by atoms with Gasteiger partial charge in [-0.25, -0.2) is 0 Å². The first kappa shape index (κ1) is 9.78. The van der Waals surface area contributed by atoms with Gasteiger partial charge in [-0.15, -0.1) is 0 Å². The topological polar surface area (TPSA) is 12.0 Å². The first-order chi connectivity index (χ1) is 7.36. The van der Waals surface area contributed by atoms with E-state index in [2.05, 4.69) is 24.4 Å². The number of benzene rings is 2. The highest BCUT2D eigenvalue weighted by Gasteiger charge is 1.95. The zero-order valence-electron chi connectivity index (χ0n) is 8.61. The van der Waals surface area contributed by atoms with Crippen LogP contribution in [0.4, 0.5) is 5.69 Å². The molecule has 0 unspecified atom stereocenters. The van der Waals surface area contributed by atoms with Crippen molar-refractivity contribution in [2.75, 3.05) is 5.32 Å². The maximum Gasteiger partial charge on any atom is 0.0400 e. The lowest BCUT2D eigenvalue weighted by atomic mass is 10.2. The van der Waals surface area contributed by atoms with Crippen LogP contribution in [0.15, 0.2) is 54.6 Å². The zero-order chi connectivity index (χ0) is 10.5. The largest absolute Gasteiger partial charge is 0.381 e. The average Bonchev–Trinajstić information content (AvgIpc) is 2.29. The molecule has 1 N–H and O–H groups in total. The van der Waals surface area contributed by atoms with E-state index < -0.39 is 0 Å². The number of para-hydroxylation sites is 1. The van der Waals surface area contributed by atoms with E-state index in [1.165, 1.54) is 5.56 Å². The molecule has 2 aromatic carbocycles. The van der Waals surface area contributed by atoms with Crippen LogP contribution in [0.25, 0.3) is 0 Å². The monoisotopic (exact) mass is 196 g/mol. The summed E-state index contributed by atoms with van der Waals surface area (Å²) in [5.41, 5.74) is 3.41. The molecular formula is C14H14N. The lowest BCUT2D eigenvalue weighted by Gasteiger charge is -2.08. The molecule has 0 fully saturated rings. The van der Waals surface area contributed by atoms with Crippen LogP contribution in [-0.4, -0.2) is 0 Å². The minimum Gasteiger partial charge on any atom is -0.381 e. The molecular weight excluding hydrogens is 182 g/mol. The molecule has 1 radical (unpaired) electrons. The Labute approximate surface area is 90.8 Å². The minimum atomic E-state index is 0.841. The van der Waals surface area contributed by atoms with E-state index in [9.17, 15) is 0 Å². The first-order valence-corrected chi connectivity index (χ1v) is 5.05. The zero-order valence-corrected chi connectivity index (χ0v) is 8.61. The maximum absolute atomic E-state index is 3.97. The molecule has 2 aromatic rings. The molecule has 0 spiro atoms. The molecule has 0 aliphatic carbocycles. The summed E-state index contributed by atoms with van der Waals surface area (Å²) in [6.45, 7) is 4.81. The average molecular weight is 196 g/mol. The van der Waals surface area contributed by atoms with Crippen LogP contribution in [-0.2, 0) is 6.54 Å². The van der Waals surface area contributed by atoms with Crippen molar-refractivity contribution in [3.8, 4) is 0 Å². The van der Waals surface area contributed by atoms with Crippen molar-refractivity contribution in [2.24, 2.45) is 0 Å². The summed E-state index contributed by atoms with van der Waals surface area (Å²) in [5, 5.41) is 3.37. The number of nitrogens with one attached hydrogen (secondary N) is 1. The number of hydrogen-bond acceptors (Lipinski definition) is 1. The van der Waals surface area contributed by atoms with E-state index in [1.54, 1.807) is 0 Å². The second-order valence-electron chi connectivity index (χ2n) is 3.50. The van der Waals surface area contributed by atoms with E-state index >= 15 is 0 Å². The predicted molar refractivity (Wildman–Crippen MR) is 64.7 cm³/mol. The fourth-order valence-electron chi connectivity index (χ4n) is 1.49. The van der Waals surface area contributed by atoms with E-state index in [-0.39, 0.29) is 0 Å². The van der Waals surface area contributed by atoms with Gasteiger partial charge < -0.3 is 5.32 Å². The Bertz CT molecular complexity index is 420. The van der Waals surface area contributed by atoms with Crippen molar-refractivity contribution in [2.45, 2.75) is 6.54 Å². The Balaban J connectivity index is 2.03.